The Labute approximate surface area is 100 Å². The first kappa shape index (κ1) is 12.4. The Kier molecular flexibility index (Phi) is 4.26. The lowest BCUT2D eigenvalue weighted by Crippen LogP contribution is -2.38. The maximum absolute atomic E-state index is 5.27. The Morgan fingerprint density at radius 1 is 1.31 bits per heavy atom. The van der Waals surface area contributed by atoms with E-state index in [2.05, 4.69) is 12.2 Å². The quantitative estimate of drug-likeness (QED) is 0.719. The van der Waals surface area contributed by atoms with Crippen LogP contribution >= 0.6 is 0 Å². The molecule has 0 aromatic carbocycles. The SMILES string of the molecule is COCCC1(CNC(C)C2CC2)CCCC1. The molecule has 94 valence electrons. The summed E-state index contributed by atoms with van der Waals surface area (Å²) in [6, 6.07) is 0.736. The van der Waals surface area contributed by atoms with Crippen LogP contribution in [0.1, 0.15) is 51.9 Å². The van der Waals surface area contributed by atoms with Crippen LogP contribution in [-0.4, -0.2) is 26.3 Å². The van der Waals surface area contributed by atoms with Gasteiger partial charge in [-0.05, 0) is 50.4 Å². The lowest BCUT2D eigenvalue weighted by atomic mass is 9.82. The maximum atomic E-state index is 5.27. The van der Waals surface area contributed by atoms with Crippen LogP contribution in [0.4, 0.5) is 0 Å². The van der Waals surface area contributed by atoms with Gasteiger partial charge in [-0.25, -0.2) is 0 Å². The van der Waals surface area contributed by atoms with Crippen molar-refractivity contribution in [1.82, 2.24) is 5.32 Å². The largest absolute Gasteiger partial charge is 0.385 e. The Morgan fingerprint density at radius 3 is 2.56 bits per heavy atom. The molecule has 0 aromatic heterocycles. The minimum atomic E-state index is 0.555. The zero-order valence-corrected chi connectivity index (χ0v) is 10.9. The summed E-state index contributed by atoms with van der Waals surface area (Å²) in [5, 5.41) is 3.78. The van der Waals surface area contributed by atoms with E-state index in [1.165, 1.54) is 51.5 Å². The minimum absolute atomic E-state index is 0.555. The minimum Gasteiger partial charge on any atom is -0.385 e. The van der Waals surface area contributed by atoms with Crippen molar-refractivity contribution in [2.24, 2.45) is 11.3 Å². The van der Waals surface area contributed by atoms with Gasteiger partial charge in [0.25, 0.3) is 0 Å². The molecule has 0 saturated heterocycles. The molecule has 0 aliphatic heterocycles. The van der Waals surface area contributed by atoms with Gasteiger partial charge in [0, 0.05) is 26.3 Å². The second kappa shape index (κ2) is 5.50. The van der Waals surface area contributed by atoms with Crippen LogP contribution in [0, 0.1) is 11.3 Å². The summed E-state index contributed by atoms with van der Waals surface area (Å²) < 4.78 is 5.27. The molecule has 0 bridgehead atoms. The number of methoxy groups -OCH3 is 1. The predicted molar refractivity (Wildman–Crippen MR) is 67.6 cm³/mol. The lowest BCUT2D eigenvalue weighted by Gasteiger charge is -2.31. The van der Waals surface area contributed by atoms with E-state index in [9.17, 15) is 0 Å². The van der Waals surface area contributed by atoms with Crippen LogP contribution in [-0.2, 0) is 4.74 Å². The lowest BCUT2D eigenvalue weighted by molar-refractivity contribution is 0.132. The van der Waals surface area contributed by atoms with E-state index < -0.39 is 0 Å². The highest BCUT2D eigenvalue weighted by atomic mass is 16.5. The zero-order chi connectivity index (χ0) is 11.4. The molecule has 2 fully saturated rings. The molecule has 1 unspecified atom stereocenters. The molecule has 2 saturated carbocycles. The monoisotopic (exact) mass is 225 g/mol. The van der Waals surface area contributed by atoms with Crippen LogP contribution in [0.2, 0.25) is 0 Å². The molecule has 1 N–H and O–H groups in total. The average molecular weight is 225 g/mol. The number of rotatable bonds is 7. The average Bonchev–Trinajstić information content (AvgIpc) is 3.05. The summed E-state index contributed by atoms with van der Waals surface area (Å²) in [5.74, 6) is 0.973. The van der Waals surface area contributed by atoms with Gasteiger partial charge in [0.05, 0.1) is 0 Å². The number of ether oxygens (including phenoxy) is 1. The van der Waals surface area contributed by atoms with Crippen molar-refractivity contribution < 1.29 is 4.74 Å². The Hall–Kier alpha value is -0.0800. The predicted octanol–water partition coefficient (Wildman–Crippen LogP) is 2.97. The van der Waals surface area contributed by atoms with Crippen molar-refractivity contribution >= 4 is 0 Å². The first-order chi connectivity index (χ1) is 7.76. The van der Waals surface area contributed by atoms with Gasteiger partial charge in [-0.1, -0.05) is 12.8 Å². The van der Waals surface area contributed by atoms with Crippen molar-refractivity contribution in [3.05, 3.63) is 0 Å². The van der Waals surface area contributed by atoms with Crippen LogP contribution in [0.25, 0.3) is 0 Å². The fraction of sp³-hybridized carbons (Fsp3) is 1.00. The van der Waals surface area contributed by atoms with Gasteiger partial charge in [0.1, 0.15) is 0 Å². The summed E-state index contributed by atoms with van der Waals surface area (Å²) >= 11 is 0. The Bertz CT molecular complexity index is 207. The third-order valence-electron chi connectivity index (χ3n) is 4.63. The third kappa shape index (κ3) is 3.21. The van der Waals surface area contributed by atoms with E-state index in [1.54, 1.807) is 0 Å². The summed E-state index contributed by atoms with van der Waals surface area (Å²) in [5.41, 5.74) is 0.555. The van der Waals surface area contributed by atoms with Gasteiger partial charge in [-0.15, -0.1) is 0 Å². The number of nitrogens with one attached hydrogen (secondary N) is 1. The Balaban J connectivity index is 1.76. The van der Waals surface area contributed by atoms with Crippen LogP contribution < -0.4 is 5.32 Å². The second-order valence-electron chi connectivity index (χ2n) is 5.96. The highest BCUT2D eigenvalue weighted by Crippen LogP contribution is 2.41. The van der Waals surface area contributed by atoms with Crippen molar-refractivity contribution in [2.45, 2.75) is 57.9 Å². The first-order valence-corrected chi connectivity index (χ1v) is 6.98. The van der Waals surface area contributed by atoms with Crippen molar-refractivity contribution in [3.8, 4) is 0 Å². The Morgan fingerprint density at radius 2 is 2.00 bits per heavy atom. The van der Waals surface area contributed by atoms with Crippen LogP contribution in [0.3, 0.4) is 0 Å². The van der Waals surface area contributed by atoms with E-state index in [4.69, 9.17) is 4.74 Å². The van der Waals surface area contributed by atoms with Crippen LogP contribution in [0.15, 0.2) is 0 Å². The number of hydrogen-bond acceptors (Lipinski definition) is 2. The first-order valence-electron chi connectivity index (χ1n) is 6.98. The molecule has 0 amide bonds. The molecule has 0 radical (unpaired) electrons. The van der Waals surface area contributed by atoms with Crippen molar-refractivity contribution in [1.29, 1.82) is 0 Å². The normalized spacial score (nSPS) is 25.9. The second-order valence-corrected chi connectivity index (χ2v) is 5.96. The molecule has 2 rings (SSSR count). The van der Waals surface area contributed by atoms with E-state index in [-0.39, 0.29) is 0 Å². The maximum Gasteiger partial charge on any atom is 0.0468 e. The molecule has 0 heterocycles. The highest BCUT2D eigenvalue weighted by Gasteiger charge is 2.35. The fourth-order valence-corrected chi connectivity index (χ4v) is 3.10. The molecular formula is C14H27NO. The van der Waals surface area contributed by atoms with Gasteiger partial charge in [0.15, 0.2) is 0 Å². The van der Waals surface area contributed by atoms with Crippen molar-refractivity contribution in [3.63, 3.8) is 0 Å². The zero-order valence-electron chi connectivity index (χ0n) is 10.9. The van der Waals surface area contributed by atoms with E-state index in [1.807, 2.05) is 7.11 Å². The molecule has 2 heteroatoms. The van der Waals surface area contributed by atoms with E-state index >= 15 is 0 Å². The van der Waals surface area contributed by atoms with Gasteiger partial charge < -0.3 is 10.1 Å². The summed E-state index contributed by atoms with van der Waals surface area (Å²) in [6.07, 6.45) is 9.78. The summed E-state index contributed by atoms with van der Waals surface area (Å²) in [4.78, 5) is 0. The van der Waals surface area contributed by atoms with Crippen LogP contribution in [0.5, 0.6) is 0 Å². The molecular weight excluding hydrogens is 198 g/mol. The molecule has 0 aromatic rings. The third-order valence-corrected chi connectivity index (χ3v) is 4.63. The molecule has 0 spiro atoms. The standard InChI is InChI=1S/C14H27NO/c1-12(13-5-6-13)15-11-14(9-10-16-2)7-3-4-8-14/h12-13,15H,3-11H2,1-2H3. The van der Waals surface area contributed by atoms with Gasteiger partial charge in [0.2, 0.25) is 0 Å². The highest BCUT2D eigenvalue weighted by molar-refractivity contribution is 4.90. The van der Waals surface area contributed by atoms with E-state index in [0.29, 0.717) is 5.41 Å². The fourth-order valence-electron chi connectivity index (χ4n) is 3.10. The van der Waals surface area contributed by atoms with Gasteiger partial charge >= 0.3 is 0 Å². The molecule has 2 aliphatic rings. The summed E-state index contributed by atoms with van der Waals surface area (Å²) in [7, 11) is 1.82. The molecule has 1 atom stereocenters. The molecule has 2 aliphatic carbocycles. The number of hydrogen-bond donors (Lipinski definition) is 1. The van der Waals surface area contributed by atoms with Crippen molar-refractivity contribution in [2.75, 3.05) is 20.3 Å². The van der Waals surface area contributed by atoms with E-state index in [0.717, 1.165) is 18.6 Å². The smallest absolute Gasteiger partial charge is 0.0468 e. The molecule has 2 nitrogen and oxygen atoms in total. The van der Waals surface area contributed by atoms with Gasteiger partial charge in [-0.2, -0.15) is 0 Å². The molecule has 16 heavy (non-hydrogen) atoms. The topological polar surface area (TPSA) is 21.3 Å². The summed E-state index contributed by atoms with van der Waals surface area (Å²) in [6.45, 7) is 4.50. The van der Waals surface area contributed by atoms with Gasteiger partial charge in [-0.3, -0.25) is 0 Å².